The molecule has 0 saturated heterocycles. The summed E-state index contributed by atoms with van der Waals surface area (Å²) in [5.41, 5.74) is 1.47. The van der Waals surface area contributed by atoms with Crippen LogP contribution in [0.2, 0.25) is 0 Å². The minimum Gasteiger partial charge on any atom is -0.255 e. The highest BCUT2D eigenvalue weighted by atomic mass is 19.3. The Morgan fingerprint density at radius 2 is 1.92 bits per heavy atom. The molecule has 0 aliphatic rings. The fourth-order valence-electron chi connectivity index (χ4n) is 1.15. The SMILES string of the molecule is Cc1cc(C(C)C)cnc1C(F)F. The topological polar surface area (TPSA) is 12.9 Å². The lowest BCUT2D eigenvalue weighted by molar-refractivity contribution is 0.145. The van der Waals surface area contributed by atoms with E-state index >= 15 is 0 Å². The van der Waals surface area contributed by atoms with E-state index in [-0.39, 0.29) is 5.69 Å². The van der Waals surface area contributed by atoms with Crippen molar-refractivity contribution in [2.45, 2.75) is 33.1 Å². The molecular formula is C10H13F2N. The zero-order chi connectivity index (χ0) is 10.0. The van der Waals surface area contributed by atoms with Crippen molar-refractivity contribution in [3.05, 3.63) is 29.1 Å². The Bertz CT molecular complexity index is 295. The summed E-state index contributed by atoms with van der Waals surface area (Å²) in [5, 5.41) is 0. The van der Waals surface area contributed by atoms with Crippen molar-refractivity contribution in [3.8, 4) is 0 Å². The molecule has 0 fully saturated rings. The molecule has 13 heavy (non-hydrogen) atoms. The van der Waals surface area contributed by atoms with Gasteiger partial charge in [-0.1, -0.05) is 19.9 Å². The zero-order valence-corrected chi connectivity index (χ0v) is 8.01. The van der Waals surface area contributed by atoms with Gasteiger partial charge in [0, 0.05) is 6.20 Å². The molecule has 0 amide bonds. The van der Waals surface area contributed by atoms with Crippen LogP contribution in [0.1, 0.15) is 43.0 Å². The molecule has 1 nitrogen and oxygen atoms in total. The van der Waals surface area contributed by atoms with E-state index in [0.29, 0.717) is 11.5 Å². The van der Waals surface area contributed by atoms with Crippen molar-refractivity contribution in [1.82, 2.24) is 4.98 Å². The Balaban J connectivity index is 3.06. The monoisotopic (exact) mass is 185 g/mol. The summed E-state index contributed by atoms with van der Waals surface area (Å²) in [7, 11) is 0. The number of alkyl halides is 2. The molecule has 1 aromatic rings. The maximum atomic E-state index is 12.3. The summed E-state index contributed by atoms with van der Waals surface area (Å²) in [6.07, 6.45) is -0.944. The number of nitrogens with zero attached hydrogens (tertiary/aromatic N) is 1. The van der Waals surface area contributed by atoms with Gasteiger partial charge in [0.15, 0.2) is 0 Å². The summed E-state index contributed by atoms with van der Waals surface area (Å²) < 4.78 is 24.6. The van der Waals surface area contributed by atoms with Crippen molar-refractivity contribution < 1.29 is 8.78 Å². The quantitative estimate of drug-likeness (QED) is 0.687. The van der Waals surface area contributed by atoms with Gasteiger partial charge in [0.1, 0.15) is 5.69 Å². The molecule has 0 saturated carbocycles. The maximum Gasteiger partial charge on any atom is 0.280 e. The highest BCUT2D eigenvalue weighted by Gasteiger charge is 2.12. The van der Waals surface area contributed by atoms with Crippen LogP contribution < -0.4 is 0 Å². The molecule has 1 rings (SSSR count). The Morgan fingerprint density at radius 1 is 1.31 bits per heavy atom. The highest BCUT2D eigenvalue weighted by molar-refractivity contribution is 5.26. The lowest BCUT2D eigenvalue weighted by Gasteiger charge is -2.08. The van der Waals surface area contributed by atoms with Gasteiger partial charge >= 0.3 is 0 Å². The first-order valence-corrected chi connectivity index (χ1v) is 4.27. The largest absolute Gasteiger partial charge is 0.280 e. The molecule has 0 spiro atoms. The van der Waals surface area contributed by atoms with Crippen molar-refractivity contribution in [1.29, 1.82) is 0 Å². The predicted octanol–water partition coefficient (Wildman–Crippen LogP) is 3.45. The Morgan fingerprint density at radius 3 is 2.31 bits per heavy atom. The van der Waals surface area contributed by atoms with Crippen LogP contribution in [-0.4, -0.2) is 4.98 Å². The molecular weight excluding hydrogens is 172 g/mol. The average Bonchev–Trinajstić information content (AvgIpc) is 2.03. The van der Waals surface area contributed by atoms with Crippen molar-refractivity contribution in [2.24, 2.45) is 0 Å². The highest BCUT2D eigenvalue weighted by Crippen LogP contribution is 2.23. The van der Waals surface area contributed by atoms with E-state index in [1.54, 1.807) is 13.0 Å². The van der Waals surface area contributed by atoms with E-state index in [9.17, 15) is 8.78 Å². The fraction of sp³-hybridized carbons (Fsp3) is 0.500. The summed E-state index contributed by atoms with van der Waals surface area (Å²) in [6, 6.07) is 1.78. The fourth-order valence-corrected chi connectivity index (χ4v) is 1.15. The van der Waals surface area contributed by atoms with E-state index in [4.69, 9.17) is 0 Å². The van der Waals surface area contributed by atoms with Gasteiger partial charge in [0.25, 0.3) is 6.43 Å². The molecule has 0 unspecified atom stereocenters. The minimum atomic E-state index is -2.47. The third kappa shape index (κ3) is 2.23. The molecule has 0 bridgehead atoms. The second-order valence-corrected chi connectivity index (χ2v) is 3.43. The van der Waals surface area contributed by atoms with E-state index in [2.05, 4.69) is 4.98 Å². The smallest absolute Gasteiger partial charge is 0.255 e. The molecule has 72 valence electrons. The first-order chi connectivity index (χ1) is 6.02. The van der Waals surface area contributed by atoms with Crippen molar-refractivity contribution in [2.75, 3.05) is 0 Å². The van der Waals surface area contributed by atoms with Gasteiger partial charge in [-0.3, -0.25) is 4.98 Å². The molecule has 0 N–H and O–H groups in total. The molecule has 0 atom stereocenters. The molecule has 0 radical (unpaired) electrons. The number of hydrogen-bond donors (Lipinski definition) is 0. The van der Waals surface area contributed by atoms with Crippen LogP contribution in [0, 0.1) is 6.92 Å². The first kappa shape index (κ1) is 10.1. The molecule has 0 aliphatic heterocycles. The van der Waals surface area contributed by atoms with Gasteiger partial charge in [0.2, 0.25) is 0 Å². The van der Waals surface area contributed by atoms with E-state index in [1.165, 1.54) is 6.20 Å². The van der Waals surface area contributed by atoms with Crippen LogP contribution >= 0.6 is 0 Å². The summed E-state index contributed by atoms with van der Waals surface area (Å²) in [5.74, 6) is 0.331. The Hall–Kier alpha value is -0.990. The third-order valence-corrected chi connectivity index (χ3v) is 2.01. The number of aryl methyl sites for hydroxylation is 1. The van der Waals surface area contributed by atoms with Crippen LogP contribution in [0.5, 0.6) is 0 Å². The minimum absolute atomic E-state index is 0.107. The van der Waals surface area contributed by atoms with Gasteiger partial charge in [-0.25, -0.2) is 8.78 Å². The van der Waals surface area contributed by atoms with Gasteiger partial charge in [-0.15, -0.1) is 0 Å². The molecule has 0 aromatic carbocycles. The standard InChI is InChI=1S/C10H13F2N/c1-6(2)8-4-7(3)9(10(11)12)13-5-8/h4-6,10H,1-3H3. The summed E-state index contributed by atoms with van der Waals surface area (Å²) in [6.45, 7) is 5.69. The number of hydrogen-bond acceptors (Lipinski definition) is 1. The third-order valence-electron chi connectivity index (χ3n) is 2.01. The van der Waals surface area contributed by atoms with Gasteiger partial charge in [0.05, 0.1) is 0 Å². The van der Waals surface area contributed by atoms with Gasteiger partial charge < -0.3 is 0 Å². The van der Waals surface area contributed by atoms with E-state index in [1.807, 2.05) is 13.8 Å². The summed E-state index contributed by atoms with van der Waals surface area (Å²) >= 11 is 0. The van der Waals surface area contributed by atoms with Gasteiger partial charge in [-0.2, -0.15) is 0 Å². The van der Waals surface area contributed by atoms with Crippen LogP contribution in [0.25, 0.3) is 0 Å². The van der Waals surface area contributed by atoms with Crippen LogP contribution in [0.4, 0.5) is 8.78 Å². The molecule has 1 heterocycles. The predicted molar refractivity (Wildman–Crippen MR) is 48.0 cm³/mol. The average molecular weight is 185 g/mol. The molecule has 0 aliphatic carbocycles. The molecule has 1 aromatic heterocycles. The normalized spacial score (nSPS) is 11.3. The maximum absolute atomic E-state index is 12.3. The summed E-state index contributed by atoms with van der Waals surface area (Å²) in [4.78, 5) is 3.75. The Kier molecular flexibility index (Phi) is 2.96. The van der Waals surface area contributed by atoms with E-state index in [0.717, 1.165) is 5.56 Å². The Labute approximate surface area is 76.8 Å². The lowest BCUT2D eigenvalue weighted by atomic mass is 10.0. The zero-order valence-electron chi connectivity index (χ0n) is 8.01. The first-order valence-electron chi connectivity index (χ1n) is 4.27. The number of rotatable bonds is 2. The second-order valence-electron chi connectivity index (χ2n) is 3.43. The van der Waals surface area contributed by atoms with Crippen LogP contribution in [-0.2, 0) is 0 Å². The lowest BCUT2D eigenvalue weighted by Crippen LogP contribution is -1.97. The van der Waals surface area contributed by atoms with Crippen molar-refractivity contribution in [3.63, 3.8) is 0 Å². The van der Waals surface area contributed by atoms with Gasteiger partial charge in [-0.05, 0) is 24.0 Å². The molecule has 3 heteroatoms. The second kappa shape index (κ2) is 3.81. The van der Waals surface area contributed by atoms with Crippen molar-refractivity contribution >= 4 is 0 Å². The number of pyridine rings is 1. The van der Waals surface area contributed by atoms with E-state index < -0.39 is 6.43 Å². The number of aromatic nitrogens is 1. The van der Waals surface area contributed by atoms with Crippen LogP contribution in [0.15, 0.2) is 12.3 Å². The number of halogens is 2. The van der Waals surface area contributed by atoms with Crippen LogP contribution in [0.3, 0.4) is 0 Å².